The van der Waals surface area contributed by atoms with Gasteiger partial charge in [0.25, 0.3) is 11.8 Å². The monoisotopic (exact) mass is 436 g/mol. The Morgan fingerprint density at radius 1 is 0.781 bits per heavy atom. The molecule has 8 heteroatoms. The van der Waals surface area contributed by atoms with Crippen molar-refractivity contribution in [3.63, 3.8) is 0 Å². The summed E-state index contributed by atoms with van der Waals surface area (Å²) in [5.41, 5.74) is 0.951. The fourth-order valence-electron chi connectivity index (χ4n) is 3.44. The fraction of sp³-hybridized carbons (Fsp3) is 0.0833. The molecule has 1 N–H and O–H groups in total. The highest BCUT2D eigenvalue weighted by molar-refractivity contribution is 6.46. The summed E-state index contributed by atoms with van der Waals surface area (Å²) < 4.78 is 37.6. The second kappa shape index (κ2) is 8.50. The van der Waals surface area contributed by atoms with Crippen LogP contribution in [0.15, 0.2) is 72.4 Å². The number of carbonyl (C=O) groups excluding carboxylic acids is 2. The minimum absolute atomic E-state index is 0.0537. The van der Waals surface area contributed by atoms with E-state index < -0.39 is 23.4 Å². The molecule has 1 heterocycles. The Morgan fingerprint density at radius 3 is 2.16 bits per heavy atom. The number of nitrogens with one attached hydrogen (secondary N) is 1. The summed E-state index contributed by atoms with van der Waals surface area (Å²) in [5.74, 6) is -2.54. The summed E-state index contributed by atoms with van der Waals surface area (Å²) in [4.78, 5) is 27.7. The number of imide groups is 1. The summed E-state index contributed by atoms with van der Waals surface area (Å²) in [6.45, 7) is 0. The molecule has 4 rings (SSSR count). The molecule has 3 aromatic rings. The van der Waals surface area contributed by atoms with Gasteiger partial charge in [-0.1, -0.05) is 30.3 Å². The van der Waals surface area contributed by atoms with Crippen molar-refractivity contribution in [2.24, 2.45) is 0 Å². The number of benzene rings is 3. The first-order valence-corrected chi connectivity index (χ1v) is 9.57. The van der Waals surface area contributed by atoms with E-state index in [2.05, 4.69) is 5.32 Å². The molecule has 0 saturated carbocycles. The summed E-state index contributed by atoms with van der Waals surface area (Å²) >= 11 is 0. The van der Waals surface area contributed by atoms with Crippen LogP contribution in [0.25, 0.3) is 5.57 Å². The van der Waals surface area contributed by atoms with Gasteiger partial charge in [-0.3, -0.25) is 9.59 Å². The molecule has 2 amide bonds. The van der Waals surface area contributed by atoms with Crippen LogP contribution in [0, 0.1) is 11.6 Å². The van der Waals surface area contributed by atoms with E-state index in [1.807, 2.05) is 0 Å². The van der Waals surface area contributed by atoms with E-state index in [0.29, 0.717) is 17.1 Å². The predicted octanol–water partition coefficient (Wildman–Crippen LogP) is 4.38. The average Bonchev–Trinajstić information content (AvgIpc) is 3.05. The third kappa shape index (κ3) is 3.66. The lowest BCUT2D eigenvalue weighted by molar-refractivity contribution is -0.120. The third-order valence-corrected chi connectivity index (χ3v) is 4.96. The number of ether oxygens (including phenoxy) is 2. The molecule has 0 bridgehead atoms. The normalized spacial score (nSPS) is 13.6. The lowest BCUT2D eigenvalue weighted by Crippen LogP contribution is -2.32. The maximum Gasteiger partial charge on any atom is 0.282 e. The molecule has 1 aliphatic rings. The quantitative estimate of drug-likeness (QED) is 0.581. The van der Waals surface area contributed by atoms with Crippen LogP contribution in [0.1, 0.15) is 5.56 Å². The first-order chi connectivity index (χ1) is 15.4. The lowest BCUT2D eigenvalue weighted by Gasteiger charge is -2.17. The highest BCUT2D eigenvalue weighted by Crippen LogP contribution is 2.37. The van der Waals surface area contributed by atoms with Crippen LogP contribution in [-0.4, -0.2) is 26.0 Å². The molecule has 0 fully saturated rings. The van der Waals surface area contributed by atoms with Crippen LogP contribution in [0.2, 0.25) is 0 Å². The highest BCUT2D eigenvalue weighted by Gasteiger charge is 2.40. The summed E-state index contributed by atoms with van der Waals surface area (Å²) in [6, 6.07) is 16.4. The Kier molecular flexibility index (Phi) is 5.59. The number of rotatable bonds is 6. The first-order valence-electron chi connectivity index (χ1n) is 9.57. The molecule has 0 aliphatic carbocycles. The van der Waals surface area contributed by atoms with Gasteiger partial charge in [0.1, 0.15) is 5.70 Å². The molecular weight excluding hydrogens is 418 g/mol. The standard InChI is InChI=1S/C24H18F2N2O4/c1-31-19-11-9-16(13-20(19)32-2)28-23(29)21(14-6-4-3-5-7-14)22(24(28)30)27-15-8-10-17(25)18(26)12-15/h3-13,27H,1-2H3. The topological polar surface area (TPSA) is 67.9 Å². The molecule has 0 spiro atoms. The molecule has 0 atom stereocenters. The zero-order chi connectivity index (χ0) is 22.8. The molecule has 0 aromatic heterocycles. The second-order valence-corrected chi connectivity index (χ2v) is 6.85. The summed E-state index contributed by atoms with van der Waals surface area (Å²) in [6.07, 6.45) is 0. The highest BCUT2D eigenvalue weighted by atomic mass is 19.2. The Bertz CT molecular complexity index is 1240. The Balaban J connectivity index is 1.81. The van der Waals surface area contributed by atoms with Crippen molar-refractivity contribution < 1.29 is 27.8 Å². The number of halogens is 2. The van der Waals surface area contributed by atoms with Crippen molar-refractivity contribution >= 4 is 28.8 Å². The summed E-state index contributed by atoms with van der Waals surface area (Å²) in [7, 11) is 2.92. The van der Waals surface area contributed by atoms with Crippen LogP contribution in [-0.2, 0) is 9.59 Å². The smallest absolute Gasteiger partial charge is 0.282 e. The van der Waals surface area contributed by atoms with Crippen LogP contribution in [0.5, 0.6) is 11.5 Å². The van der Waals surface area contributed by atoms with Gasteiger partial charge in [-0.2, -0.15) is 0 Å². The largest absolute Gasteiger partial charge is 0.493 e. The van der Waals surface area contributed by atoms with E-state index in [9.17, 15) is 18.4 Å². The molecule has 32 heavy (non-hydrogen) atoms. The zero-order valence-corrected chi connectivity index (χ0v) is 17.2. The number of hydrogen-bond donors (Lipinski definition) is 1. The van der Waals surface area contributed by atoms with Gasteiger partial charge in [0.2, 0.25) is 0 Å². The SMILES string of the molecule is COc1ccc(N2C(=O)C(Nc3ccc(F)c(F)c3)=C(c3ccccc3)C2=O)cc1OC. The van der Waals surface area contributed by atoms with Crippen molar-refractivity contribution in [3.05, 3.63) is 89.6 Å². The second-order valence-electron chi connectivity index (χ2n) is 6.85. The minimum Gasteiger partial charge on any atom is -0.493 e. The van der Waals surface area contributed by atoms with Crippen molar-refractivity contribution in [2.45, 2.75) is 0 Å². The third-order valence-electron chi connectivity index (χ3n) is 4.96. The van der Waals surface area contributed by atoms with Gasteiger partial charge in [0.05, 0.1) is 25.5 Å². The minimum atomic E-state index is -1.08. The van der Waals surface area contributed by atoms with E-state index in [1.165, 1.54) is 26.4 Å². The maximum absolute atomic E-state index is 13.7. The van der Waals surface area contributed by atoms with Gasteiger partial charge in [-0.15, -0.1) is 0 Å². The number of hydrogen-bond acceptors (Lipinski definition) is 5. The Morgan fingerprint density at radius 2 is 1.50 bits per heavy atom. The molecule has 3 aromatic carbocycles. The fourth-order valence-corrected chi connectivity index (χ4v) is 3.44. The average molecular weight is 436 g/mol. The van der Waals surface area contributed by atoms with Gasteiger partial charge in [0, 0.05) is 17.8 Å². The molecule has 0 unspecified atom stereocenters. The van der Waals surface area contributed by atoms with Crippen molar-refractivity contribution in [1.82, 2.24) is 0 Å². The predicted molar refractivity (Wildman–Crippen MR) is 115 cm³/mol. The van der Waals surface area contributed by atoms with Gasteiger partial charge in [0.15, 0.2) is 23.1 Å². The van der Waals surface area contributed by atoms with Crippen LogP contribution in [0.4, 0.5) is 20.2 Å². The van der Waals surface area contributed by atoms with E-state index >= 15 is 0 Å². The molecule has 0 radical (unpaired) electrons. The van der Waals surface area contributed by atoms with Crippen molar-refractivity contribution in [2.75, 3.05) is 24.4 Å². The number of carbonyl (C=O) groups is 2. The van der Waals surface area contributed by atoms with E-state index in [-0.39, 0.29) is 22.6 Å². The van der Waals surface area contributed by atoms with E-state index in [0.717, 1.165) is 17.0 Å². The van der Waals surface area contributed by atoms with Crippen molar-refractivity contribution in [1.29, 1.82) is 0 Å². The van der Waals surface area contributed by atoms with E-state index in [1.54, 1.807) is 42.5 Å². The molecular formula is C24H18F2N2O4. The van der Waals surface area contributed by atoms with Crippen LogP contribution in [0.3, 0.4) is 0 Å². The molecule has 162 valence electrons. The van der Waals surface area contributed by atoms with Crippen LogP contribution < -0.4 is 19.7 Å². The first kappa shape index (κ1) is 21.0. The maximum atomic E-state index is 13.7. The van der Waals surface area contributed by atoms with Crippen molar-refractivity contribution in [3.8, 4) is 11.5 Å². The van der Waals surface area contributed by atoms with Gasteiger partial charge in [-0.25, -0.2) is 13.7 Å². The number of methoxy groups -OCH3 is 2. The lowest BCUT2D eigenvalue weighted by atomic mass is 10.0. The Labute approximate surface area is 182 Å². The Hall–Kier alpha value is -4.20. The van der Waals surface area contributed by atoms with Crippen LogP contribution >= 0.6 is 0 Å². The molecule has 1 aliphatic heterocycles. The van der Waals surface area contributed by atoms with E-state index in [4.69, 9.17) is 9.47 Å². The summed E-state index contributed by atoms with van der Waals surface area (Å²) in [5, 5.41) is 2.79. The number of anilines is 2. The molecule has 6 nitrogen and oxygen atoms in total. The van der Waals surface area contributed by atoms with Gasteiger partial charge < -0.3 is 14.8 Å². The molecule has 0 saturated heterocycles. The number of nitrogens with zero attached hydrogens (tertiary/aromatic N) is 1. The van der Waals surface area contributed by atoms with Gasteiger partial charge in [-0.05, 0) is 29.8 Å². The number of amides is 2. The zero-order valence-electron chi connectivity index (χ0n) is 17.2. The van der Waals surface area contributed by atoms with Gasteiger partial charge >= 0.3 is 0 Å².